The van der Waals surface area contributed by atoms with Gasteiger partial charge in [-0.1, -0.05) is 11.6 Å². The Hall–Kier alpha value is -1.39. The lowest BCUT2D eigenvalue weighted by atomic mass is 10.3. The van der Waals surface area contributed by atoms with Gasteiger partial charge in [-0.2, -0.15) is 0 Å². The second-order valence-electron chi connectivity index (χ2n) is 2.78. The van der Waals surface area contributed by atoms with Crippen molar-refractivity contribution in [2.24, 2.45) is 5.14 Å². The number of hydrogen-bond donors (Lipinski definition) is 1. The summed E-state index contributed by atoms with van der Waals surface area (Å²) < 4.78 is 46.7. The van der Waals surface area contributed by atoms with Gasteiger partial charge in [-0.15, -0.1) is 0 Å². The Balaban J connectivity index is 3.65. The molecule has 0 aliphatic rings. The number of pyridine rings is 1. The van der Waals surface area contributed by atoms with Crippen molar-refractivity contribution >= 4 is 27.3 Å². The largest absolute Gasteiger partial charge is 0.292 e. The maximum Gasteiger partial charge on any atom is 0.292 e. The van der Waals surface area contributed by atoms with Crippen LogP contribution in [0.2, 0.25) is 5.02 Å². The summed E-state index contributed by atoms with van der Waals surface area (Å²) in [5.41, 5.74) is -2.20. The highest BCUT2D eigenvalue weighted by atomic mass is 35.5. The number of nitrogens with zero attached hydrogens (tertiary/aromatic N) is 2. The van der Waals surface area contributed by atoms with E-state index < -0.39 is 42.8 Å². The summed E-state index contributed by atoms with van der Waals surface area (Å²) in [7, 11) is -4.44. The van der Waals surface area contributed by atoms with Crippen molar-refractivity contribution in [2.75, 3.05) is 0 Å². The van der Waals surface area contributed by atoms with Crippen LogP contribution in [0.15, 0.2) is 11.1 Å². The minimum Gasteiger partial charge on any atom is -0.258 e. The third kappa shape index (κ3) is 2.84. The summed E-state index contributed by atoms with van der Waals surface area (Å²) >= 11 is 5.30. The molecule has 1 aromatic rings. The van der Waals surface area contributed by atoms with Crippen LogP contribution in [-0.2, 0) is 10.0 Å². The molecule has 0 amide bonds. The fourth-order valence-corrected chi connectivity index (χ4v) is 1.68. The first-order valence-corrected chi connectivity index (χ1v) is 5.72. The van der Waals surface area contributed by atoms with Crippen LogP contribution < -0.4 is 5.14 Å². The van der Waals surface area contributed by atoms with Gasteiger partial charge in [-0.05, 0) is 0 Å². The van der Waals surface area contributed by atoms with E-state index in [-0.39, 0.29) is 0 Å². The Morgan fingerprint density at radius 1 is 1.53 bits per heavy atom. The molecule has 7 nitrogen and oxygen atoms in total. The van der Waals surface area contributed by atoms with E-state index in [4.69, 9.17) is 11.6 Å². The lowest BCUT2D eigenvalue weighted by Gasteiger charge is -2.05. The topological polar surface area (TPSA) is 116 Å². The van der Waals surface area contributed by atoms with Gasteiger partial charge in [0, 0.05) is 0 Å². The third-order valence-corrected chi connectivity index (χ3v) is 2.81. The average Bonchev–Trinajstić information content (AvgIpc) is 2.14. The summed E-state index contributed by atoms with van der Waals surface area (Å²) in [4.78, 5) is 12.4. The molecule has 0 aromatic carbocycles. The average molecular weight is 288 g/mol. The van der Waals surface area contributed by atoms with Crippen molar-refractivity contribution in [3.63, 3.8) is 0 Å². The van der Waals surface area contributed by atoms with E-state index in [1.54, 1.807) is 0 Å². The Kier molecular flexibility index (Phi) is 3.59. The number of aromatic nitrogens is 1. The third-order valence-electron chi connectivity index (χ3n) is 1.64. The number of nitro groups is 1. The second-order valence-corrected chi connectivity index (χ2v) is 4.67. The van der Waals surface area contributed by atoms with E-state index >= 15 is 0 Å². The van der Waals surface area contributed by atoms with Crippen LogP contribution in [0.5, 0.6) is 0 Å². The van der Waals surface area contributed by atoms with Gasteiger partial charge in [0.1, 0.15) is 10.7 Å². The predicted molar refractivity (Wildman–Crippen MR) is 52.2 cm³/mol. The highest BCUT2D eigenvalue weighted by Gasteiger charge is 2.27. The van der Waals surface area contributed by atoms with Crippen LogP contribution in [0, 0.1) is 10.1 Å². The Bertz CT molecular complexity index is 577. The maximum absolute atomic E-state index is 12.4. The van der Waals surface area contributed by atoms with Crippen LogP contribution in [-0.4, -0.2) is 18.3 Å². The van der Waals surface area contributed by atoms with Crippen molar-refractivity contribution in [2.45, 2.75) is 11.5 Å². The Morgan fingerprint density at radius 2 is 2.06 bits per heavy atom. The molecular weight excluding hydrogens is 284 g/mol. The smallest absolute Gasteiger partial charge is 0.258 e. The van der Waals surface area contributed by atoms with E-state index in [1.165, 1.54) is 0 Å². The van der Waals surface area contributed by atoms with E-state index in [0.717, 1.165) is 0 Å². The van der Waals surface area contributed by atoms with Gasteiger partial charge in [0.05, 0.1) is 11.0 Å². The van der Waals surface area contributed by atoms with E-state index in [9.17, 15) is 27.3 Å². The molecular formula is C6H4ClF2N3O4S. The molecule has 0 radical (unpaired) electrons. The molecule has 1 aromatic heterocycles. The van der Waals surface area contributed by atoms with Gasteiger partial charge in [0.25, 0.3) is 22.1 Å². The molecule has 0 spiro atoms. The molecule has 2 N–H and O–H groups in total. The predicted octanol–water partition coefficient (Wildman–Crippen LogP) is 1.23. The molecule has 0 unspecified atom stereocenters. The number of nitrogens with two attached hydrogens (primary N) is 1. The Labute approximate surface area is 98.4 Å². The van der Waals surface area contributed by atoms with Crippen molar-refractivity contribution in [3.05, 3.63) is 26.9 Å². The molecule has 0 atom stereocenters. The van der Waals surface area contributed by atoms with Crippen LogP contribution in [0.25, 0.3) is 0 Å². The molecule has 94 valence electrons. The van der Waals surface area contributed by atoms with Crippen molar-refractivity contribution in [1.82, 2.24) is 4.98 Å². The van der Waals surface area contributed by atoms with Crippen LogP contribution in [0.4, 0.5) is 14.5 Å². The van der Waals surface area contributed by atoms with Crippen molar-refractivity contribution in [1.29, 1.82) is 0 Å². The maximum atomic E-state index is 12.4. The molecule has 1 rings (SSSR count). The quantitative estimate of drug-likeness (QED) is 0.663. The molecule has 11 heteroatoms. The fourth-order valence-electron chi connectivity index (χ4n) is 0.935. The summed E-state index contributed by atoms with van der Waals surface area (Å²) in [5, 5.41) is 13.2. The van der Waals surface area contributed by atoms with Crippen LogP contribution in [0.3, 0.4) is 0 Å². The monoisotopic (exact) mass is 287 g/mol. The fraction of sp³-hybridized carbons (Fsp3) is 0.167. The molecule has 17 heavy (non-hydrogen) atoms. The zero-order chi connectivity index (χ0) is 13.4. The van der Waals surface area contributed by atoms with Crippen molar-refractivity contribution in [3.8, 4) is 0 Å². The van der Waals surface area contributed by atoms with E-state index in [1.807, 2.05) is 0 Å². The first-order valence-electron chi connectivity index (χ1n) is 3.80. The second kappa shape index (κ2) is 4.47. The first kappa shape index (κ1) is 13.7. The zero-order valence-corrected chi connectivity index (χ0v) is 9.37. The minimum atomic E-state index is -4.44. The van der Waals surface area contributed by atoms with Gasteiger partial charge in [-0.25, -0.2) is 27.3 Å². The minimum absolute atomic E-state index is 0.420. The molecule has 0 fully saturated rings. The first-order chi connectivity index (χ1) is 7.64. The standard InChI is InChI=1S/C6H4ClF2N3O4S/c7-4-2(12(13)14)1-3(17(10,15)16)11-5(4)6(8)9/h1,6H,(H2,10,15,16). The van der Waals surface area contributed by atoms with Gasteiger partial charge < -0.3 is 0 Å². The van der Waals surface area contributed by atoms with Gasteiger partial charge in [-0.3, -0.25) is 10.1 Å². The molecule has 0 aliphatic heterocycles. The summed E-state index contributed by atoms with van der Waals surface area (Å²) in [6, 6.07) is 0.420. The number of alkyl halides is 2. The lowest BCUT2D eigenvalue weighted by molar-refractivity contribution is -0.385. The SMILES string of the molecule is NS(=O)(=O)c1cc([N+](=O)[O-])c(Cl)c(C(F)F)n1. The van der Waals surface area contributed by atoms with Gasteiger partial charge in [0.15, 0.2) is 5.03 Å². The molecule has 0 aliphatic carbocycles. The number of rotatable bonds is 3. The molecule has 1 heterocycles. The zero-order valence-electron chi connectivity index (χ0n) is 7.80. The number of halogens is 3. The lowest BCUT2D eigenvalue weighted by Crippen LogP contribution is -2.15. The van der Waals surface area contributed by atoms with Crippen LogP contribution >= 0.6 is 11.6 Å². The van der Waals surface area contributed by atoms with E-state index in [0.29, 0.717) is 6.07 Å². The Morgan fingerprint density at radius 3 is 2.41 bits per heavy atom. The molecule has 0 bridgehead atoms. The normalized spacial score (nSPS) is 11.8. The van der Waals surface area contributed by atoms with Gasteiger partial charge >= 0.3 is 0 Å². The summed E-state index contributed by atoms with van der Waals surface area (Å²) in [5.74, 6) is 0. The highest BCUT2D eigenvalue weighted by molar-refractivity contribution is 7.89. The highest BCUT2D eigenvalue weighted by Crippen LogP contribution is 2.34. The summed E-state index contributed by atoms with van der Waals surface area (Å²) in [6.07, 6.45) is -3.26. The number of hydrogen-bond acceptors (Lipinski definition) is 5. The summed E-state index contributed by atoms with van der Waals surface area (Å²) in [6.45, 7) is 0. The van der Waals surface area contributed by atoms with E-state index in [2.05, 4.69) is 10.1 Å². The molecule has 0 saturated heterocycles. The number of sulfonamides is 1. The van der Waals surface area contributed by atoms with Crippen molar-refractivity contribution < 1.29 is 22.1 Å². The van der Waals surface area contributed by atoms with Gasteiger partial charge in [0.2, 0.25) is 0 Å². The van der Waals surface area contributed by atoms with Crippen LogP contribution in [0.1, 0.15) is 12.1 Å². The number of primary sulfonamides is 1. The molecule has 0 saturated carbocycles.